The Morgan fingerprint density at radius 1 is 0.950 bits per heavy atom. The number of benzene rings is 2. The van der Waals surface area contributed by atoms with Gasteiger partial charge in [-0.3, -0.25) is 0 Å². The van der Waals surface area contributed by atoms with Crippen molar-refractivity contribution in [2.75, 3.05) is 6.54 Å². The van der Waals surface area contributed by atoms with Gasteiger partial charge in [-0.2, -0.15) is 0 Å². The summed E-state index contributed by atoms with van der Waals surface area (Å²) in [6.07, 6.45) is 0. The number of nitrogens with one attached hydrogen (secondary N) is 1. The van der Waals surface area contributed by atoms with Crippen LogP contribution in [-0.4, -0.2) is 6.54 Å². The fourth-order valence-electron chi connectivity index (χ4n) is 2.42. The average Bonchev–Trinajstić information content (AvgIpc) is 2.42. The highest BCUT2D eigenvalue weighted by atomic mass is 79.9. The van der Waals surface area contributed by atoms with Crippen molar-refractivity contribution in [3.8, 4) is 0 Å². The molecule has 0 saturated carbocycles. The fourth-order valence-corrected chi connectivity index (χ4v) is 3.39. The highest BCUT2D eigenvalue weighted by Gasteiger charge is 2.18. The Labute approximate surface area is 138 Å². The molecule has 1 nitrogen and oxygen atoms in total. The van der Waals surface area contributed by atoms with E-state index in [1.54, 1.807) is 0 Å². The molecule has 1 atom stereocenters. The van der Waals surface area contributed by atoms with E-state index in [-0.39, 0.29) is 6.04 Å². The van der Waals surface area contributed by atoms with Crippen LogP contribution in [0.3, 0.4) is 0 Å². The van der Waals surface area contributed by atoms with Crippen molar-refractivity contribution in [1.29, 1.82) is 0 Å². The second-order valence-corrected chi connectivity index (χ2v) is 6.68. The summed E-state index contributed by atoms with van der Waals surface area (Å²) in [6.45, 7) is 7.38. The van der Waals surface area contributed by atoms with Gasteiger partial charge in [0.1, 0.15) is 0 Å². The van der Waals surface area contributed by atoms with Gasteiger partial charge in [0.2, 0.25) is 0 Å². The van der Waals surface area contributed by atoms with Crippen molar-refractivity contribution in [2.45, 2.75) is 26.8 Å². The summed E-state index contributed by atoms with van der Waals surface area (Å²) in [7, 11) is 0. The van der Waals surface area contributed by atoms with Gasteiger partial charge in [0.05, 0.1) is 6.04 Å². The molecular formula is C17H19Br2N. The van der Waals surface area contributed by atoms with Gasteiger partial charge in [-0.05, 0) is 54.8 Å². The van der Waals surface area contributed by atoms with Gasteiger partial charge in [-0.25, -0.2) is 0 Å². The standard InChI is InChI=1S/C17H19Br2N/c1-4-20-17(13-7-5-6-8-15(13)18)14-9-12(3)16(19)10-11(14)2/h5-10,17,20H,4H2,1-3H3. The van der Waals surface area contributed by atoms with Crippen LogP contribution in [0, 0.1) is 13.8 Å². The highest BCUT2D eigenvalue weighted by Crippen LogP contribution is 2.32. The van der Waals surface area contributed by atoms with E-state index in [0.717, 1.165) is 11.0 Å². The zero-order chi connectivity index (χ0) is 14.7. The third-order valence-corrected chi connectivity index (χ3v) is 5.06. The van der Waals surface area contributed by atoms with Gasteiger partial charge in [-0.15, -0.1) is 0 Å². The molecule has 2 aromatic rings. The molecule has 0 aliphatic carbocycles. The molecule has 0 saturated heterocycles. The zero-order valence-corrected chi connectivity index (χ0v) is 15.2. The molecule has 0 aliphatic heterocycles. The second-order valence-electron chi connectivity index (χ2n) is 4.97. The van der Waals surface area contributed by atoms with Gasteiger partial charge in [0.15, 0.2) is 0 Å². The van der Waals surface area contributed by atoms with E-state index in [1.165, 1.54) is 26.7 Å². The highest BCUT2D eigenvalue weighted by molar-refractivity contribution is 9.10. The largest absolute Gasteiger partial charge is 0.306 e. The van der Waals surface area contributed by atoms with E-state index in [1.807, 2.05) is 0 Å². The lowest BCUT2D eigenvalue weighted by Gasteiger charge is -2.23. The molecule has 0 bridgehead atoms. The van der Waals surface area contributed by atoms with Crippen LogP contribution in [0.25, 0.3) is 0 Å². The summed E-state index contributed by atoms with van der Waals surface area (Å²) >= 11 is 7.28. The van der Waals surface area contributed by atoms with Crippen LogP contribution in [0.15, 0.2) is 45.3 Å². The minimum atomic E-state index is 0.211. The quantitative estimate of drug-likeness (QED) is 0.716. The Morgan fingerprint density at radius 3 is 2.30 bits per heavy atom. The molecule has 3 heteroatoms. The minimum absolute atomic E-state index is 0.211. The summed E-state index contributed by atoms with van der Waals surface area (Å²) in [4.78, 5) is 0. The Hall–Kier alpha value is -0.640. The molecule has 2 rings (SSSR count). The van der Waals surface area contributed by atoms with E-state index >= 15 is 0 Å². The molecule has 2 aromatic carbocycles. The normalized spacial score (nSPS) is 12.4. The molecule has 0 spiro atoms. The number of hydrogen-bond acceptors (Lipinski definition) is 1. The van der Waals surface area contributed by atoms with Crippen LogP contribution in [0.2, 0.25) is 0 Å². The molecule has 0 fully saturated rings. The maximum Gasteiger partial charge on any atom is 0.0590 e. The summed E-state index contributed by atoms with van der Waals surface area (Å²) < 4.78 is 2.31. The zero-order valence-electron chi connectivity index (χ0n) is 12.0. The monoisotopic (exact) mass is 395 g/mol. The summed E-state index contributed by atoms with van der Waals surface area (Å²) in [5.41, 5.74) is 5.17. The summed E-state index contributed by atoms with van der Waals surface area (Å²) in [5.74, 6) is 0. The first-order chi connectivity index (χ1) is 9.54. The fraction of sp³-hybridized carbons (Fsp3) is 0.294. The topological polar surface area (TPSA) is 12.0 Å². The molecule has 0 heterocycles. The van der Waals surface area contributed by atoms with Gasteiger partial charge < -0.3 is 5.32 Å². The summed E-state index contributed by atoms with van der Waals surface area (Å²) in [6, 6.07) is 13.1. The average molecular weight is 397 g/mol. The van der Waals surface area contributed by atoms with Crippen LogP contribution in [0.4, 0.5) is 0 Å². The third-order valence-electron chi connectivity index (χ3n) is 3.48. The first-order valence-electron chi connectivity index (χ1n) is 6.79. The molecule has 0 aromatic heterocycles. The van der Waals surface area contributed by atoms with E-state index in [0.29, 0.717) is 0 Å². The van der Waals surface area contributed by atoms with Gasteiger partial charge >= 0.3 is 0 Å². The maximum absolute atomic E-state index is 3.67. The van der Waals surface area contributed by atoms with E-state index < -0.39 is 0 Å². The van der Waals surface area contributed by atoms with Crippen LogP contribution in [0.5, 0.6) is 0 Å². The lowest BCUT2D eigenvalue weighted by Crippen LogP contribution is -2.23. The van der Waals surface area contributed by atoms with Gasteiger partial charge in [0.25, 0.3) is 0 Å². The second kappa shape index (κ2) is 6.88. The Balaban J connectivity index is 2.54. The van der Waals surface area contributed by atoms with Crippen molar-refractivity contribution < 1.29 is 0 Å². The Kier molecular flexibility index (Phi) is 5.42. The predicted octanol–water partition coefficient (Wildman–Crippen LogP) is 5.53. The van der Waals surface area contributed by atoms with Crippen LogP contribution >= 0.6 is 31.9 Å². The van der Waals surface area contributed by atoms with Crippen molar-refractivity contribution in [3.63, 3.8) is 0 Å². The SMILES string of the molecule is CCNC(c1cc(C)c(Br)cc1C)c1ccccc1Br. The molecule has 20 heavy (non-hydrogen) atoms. The molecular weight excluding hydrogens is 378 g/mol. The molecule has 106 valence electrons. The predicted molar refractivity (Wildman–Crippen MR) is 93.3 cm³/mol. The van der Waals surface area contributed by atoms with Crippen LogP contribution < -0.4 is 5.32 Å². The number of rotatable bonds is 4. The third kappa shape index (κ3) is 3.33. The van der Waals surface area contributed by atoms with Crippen molar-refractivity contribution in [2.24, 2.45) is 0 Å². The number of halogens is 2. The number of hydrogen-bond donors (Lipinski definition) is 1. The molecule has 1 unspecified atom stereocenters. The molecule has 0 amide bonds. The lowest BCUT2D eigenvalue weighted by molar-refractivity contribution is 0.625. The van der Waals surface area contributed by atoms with E-state index in [9.17, 15) is 0 Å². The Bertz CT molecular complexity index is 608. The Morgan fingerprint density at radius 2 is 1.65 bits per heavy atom. The lowest BCUT2D eigenvalue weighted by atomic mass is 9.93. The minimum Gasteiger partial charge on any atom is -0.306 e. The van der Waals surface area contributed by atoms with Crippen LogP contribution in [0.1, 0.15) is 35.2 Å². The smallest absolute Gasteiger partial charge is 0.0590 e. The van der Waals surface area contributed by atoms with Crippen molar-refractivity contribution >= 4 is 31.9 Å². The first kappa shape index (κ1) is 15.7. The maximum atomic E-state index is 3.67. The number of aryl methyl sites for hydroxylation is 2. The van der Waals surface area contributed by atoms with Crippen molar-refractivity contribution in [1.82, 2.24) is 5.32 Å². The van der Waals surface area contributed by atoms with E-state index in [4.69, 9.17) is 0 Å². The van der Waals surface area contributed by atoms with Crippen molar-refractivity contribution in [3.05, 3.63) is 67.6 Å². The molecule has 0 radical (unpaired) electrons. The molecule has 0 aliphatic rings. The van der Waals surface area contributed by atoms with E-state index in [2.05, 4.69) is 94.3 Å². The van der Waals surface area contributed by atoms with Gasteiger partial charge in [0, 0.05) is 8.95 Å². The molecule has 1 N–H and O–H groups in total. The summed E-state index contributed by atoms with van der Waals surface area (Å²) in [5, 5.41) is 3.60. The van der Waals surface area contributed by atoms with Gasteiger partial charge in [-0.1, -0.05) is 63.0 Å². The first-order valence-corrected chi connectivity index (χ1v) is 8.37. The van der Waals surface area contributed by atoms with Crippen LogP contribution in [-0.2, 0) is 0 Å².